The van der Waals surface area contributed by atoms with E-state index >= 15 is 0 Å². The zero-order valence-corrected chi connectivity index (χ0v) is 10.7. The molecule has 0 unspecified atom stereocenters. The first-order chi connectivity index (χ1) is 9.44. The Labute approximate surface area is 114 Å². The van der Waals surface area contributed by atoms with Crippen molar-refractivity contribution in [1.82, 2.24) is 5.32 Å². The van der Waals surface area contributed by atoms with Crippen LogP contribution in [0.25, 0.3) is 0 Å². The Morgan fingerprint density at radius 1 is 1.35 bits per heavy atom. The molecular formula is C13H15F3N2O2. The van der Waals surface area contributed by atoms with Crippen molar-refractivity contribution in [2.75, 3.05) is 18.5 Å². The summed E-state index contributed by atoms with van der Waals surface area (Å²) in [6, 6.07) is 5.30. The molecule has 0 spiro atoms. The molecule has 20 heavy (non-hydrogen) atoms. The van der Waals surface area contributed by atoms with Gasteiger partial charge in [0.1, 0.15) is 5.75 Å². The standard InChI is InChI=1S/C13H15F3N2O2/c14-13(15,16)4-1-5-17-7-9-2-3-11-10(6-9)18-12(19)8-20-11/h2-3,6,17H,1,4-5,7-8H2,(H,18,19). The number of amides is 1. The Bertz CT molecular complexity index is 489. The van der Waals surface area contributed by atoms with Crippen molar-refractivity contribution in [2.24, 2.45) is 0 Å². The van der Waals surface area contributed by atoms with E-state index in [0.29, 0.717) is 24.5 Å². The number of hydrogen-bond acceptors (Lipinski definition) is 3. The van der Waals surface area contributed by atoms with Crippen LogP contribution in [0.15, 0.2) is 18.2 Å². The molecule has 2 rings (SSSR count). The molecule has 1 aromatic carbocycles. The maximum absolute atomic E-state index is 11.9. The Balaban J connectivity index is 1.79. The Hall–Kier alpha value is -1.76. The topological polar surface area (TPSA) is 50.4 Å². The van der Waals surface area contributed by atoms with E-state index in [1.54, 1.807) is 12.1 Å². The number of nitrogens with one attached hydrogen (secondary N) is 2. The number of benzene rings is 1. The summed E-state index contributed by atoms with van der Waals surface area (Å²) < 4.78 is 41.1. The molecule has 0 saturated heterocycles. The van der Waals surface area contributed by atoms with Crippen molar-refractivity contribution >= 4 is 11.6 Å². The number of halogens is 3. The van der Waals surface area contributed by atoms with Crippen LogP contribution in [0.1, 0.15) is 18.4 Å². The van der Waals surface area contributed by atoms with Gasteiger partial charge in [0.05, 0.1) is 5.69 Å². The monoisotopic (exact) mass is 288 g/mol. The van der Waals surface area contributed by atoms with E-state index in [1.165, 1.54) is 0 Å². The largest absolute Gasteiger partial charge is 0.482 e. The molecule has 7 heteroatoms. The van der Waals surface area contributed by atoms with Crippen molar-refractivity contribution in [3.63, 3.8) is 0 Å². The van der Waals surface area contributed by atoms with Crippen molar-refractivity contribution in [3.05, 3.63) is 23.8 Å². The van der Waals surface area contributed by atoms with Gasteiger partial charge in [0.15, 0.2) is 6.61 Å². The first-order valence-corrected chi connectivity index (χ1v) is 6.27. The second-order valence-corrected chi connectivity index (χ2v) is 4.56. The molecule has 0 fully saturated rings. The van der Waals surface area contributed by atoms with Gasteiger partial charge in [-0.05, 0) is 30.7 Å². The lowest BCUT2D eigenvalue weighted by molar-refractivity contribution is -0.135. The molecule has 1 aliphatic rings. The summed E-state index contributed by atoms with van der Waals surface area (Å²) in [5.74, 6) is 0.387. The summed E-state index contributed by atoms with van der Waals surface area (Å²) >= 11 is 0. The van der Waals surface area contributed by atoms with Gasteiger partial charge in [-0.15, -0.1) is 0 Å². The van der Waals surface area contributed by atoms with Gasteiger partial charge < -0.3 is 15.4 Å². The van der Waals surface area contributed by atoms with Crippen LogP contribution in [-0.2, 0) is 11.3 Å². The minimum Gasteiger partial charge on any atom is -0.482 e. The molecule has 0 saturated carbocycles. The van der Waals surface area contributed by atoms with Crippen molar-refractivity contribution in [1.29, 1.82) is 0 Å². The number of ether oxygens (including phenoxy) is 1. The lowest BCUT2D eigenvalue weighted by Gasteiger charge is -2.18. The molecule has 0 aromatic heterocycles. The number of rotatable bonds is 5. The van der Waals surface area contributed by atoms with Crippen LogP contribution < -0.4 is 15.4 Å². The van der Waals surface area contributed by atoms with Crippen LogP contribution in [-0.4, -0.2) is 25.2 Å². The van der Waals surface area contributed by atoms with Gasteiger partial charge in [-0.1, -0.05) is 6.07 Å². The highest BCUT2D eigenvalue weighted by Gasteiger charge is 2.25. The Morgan fingerprint density at radius 3 is 2.90 bits per heavy atom. The van der Waals surface area contributed by atoms with Crippen LogP contribution in [0.5, 0.6) is 5.75 Å². The highest BCUT2D eigenvalue weighted by molar-refractivity contribution is 5.95. The van der Waals surface area contributed by atoms with E-state index in [2.05, 4.69) is 10.6 Å². The van der Waals surface area contributed by atoms with Crippen LogP contribution >= 0.6 is 0 Å². The second-order valence-electron chi connectivity index (χ2n) is 4.56. The Morgan fingerprint density at radius 2 is 2.15 bits per heavy atom. The number of fused-ring (bicyclic) bond motifs is 1. The Kier molecular flexibility index (Phi) is 4.49. The van der Waals surface area contributed by atoms with Gasteiger partial charge in [0.2, 0.25) is 0 Å². The fourth-order valence-electron chi connectivity index (χ4n) is 1.89. The fourth-order valence-corrected chi connectivity index (χ4v) is 1.89. The lowest BCUT2D eigenvalue weighted by atomic mass is 10.1. The molecule has 1 aliphatic heterocycles. The summed E-state index contributed by atoms with van der Waals surface area (Å²) in [5.41, 5.74) is 1.47. The molecule has 0 radical (unpaired) electrons. The number of carbonyl (C=O) groups is 1. The second kappa shape index (κ2) is 6.13. The maximum Gasteiger partial charge on any atom is 0.389 e. The zero-order chi connectivity index (χ0) is 14.6. The van der Waals surface area contributed by atoms with Gasteiger partial charge in [-0.25, -0.2) is 0 Å². The van der Waals surface area contributed by atoms with Gasteiger partial charge in [0.25, 0.3) is 5.91 Å². The number of anilines is 1. The molecule has 0 atom stereocenters. The number of hydrogen-bond donors (Lipinski definition) is 2. The molecule has 2 N–H and O–H groups in total. The molecule has 1 amide bonds. The maximum atomic E-state index is 11.9. The smallest absolute Gasteiger partial charge is 0.389 e. The SMILES string of the molecule is O=C1COc2ccc(CNCCCC(F)(F)F)cc2N1. The summed E-state index contributed by atoms with van der Waals surface area (Å²) in [7, 11) is 0. The normalized spacial score (nSPS) is 14.4. The van der Waals surface area contributed by atoms with Crippen molar-refractivity contribution < 1.29 is 22.7 Å². The highest BCUT2D eigenvalue weighted by Crippen LogP contribution is 2.28. The lowest BCUT2D eigenvalue weighted by Crippen LogP contribution is -2.25. The van der Waals surface area contributed by atoms with E-state index in [0.717, 1.165) is 5.56 Å². The van der Waals surface area contributed by atoms with E-state index in [1.807, 2.05) is 6.07 Å². The predicted octanol–water partition coefficient (Wildman–Crippen LogP) is 2.45. The number of alkyl halides is 3. The van der Waals surface area contributed by atoms with Crippen LogP contribution in [0.3, 0.4) is 0 Å². The molecule has 1 heterocycles. The first kappa shape index (κ1) is 14.6. The van der Waals surface area contributed by atoms with Crippen LogP contribution in [0.4, 0.5) is 18.9 Å². The molecule has 4 nitrogen and oxygen atoms in total. The fraction of sp³-hybridized carbons (Fsp3) is 0.462. The first-order valence-electron chi connectivity index (χ1n) is 6.27. The third kappa shape index (κ3) is 4.41. The van der Waals surface area contributed by atoms with E-state index < -0.39 is 12.6 Å². The van der Waals surface area contributed by atoms with Gasteiger partial charge >= 0.3 is 6.18 Å². The van der Waals surface area contributed by atoms with Crippen molar-refractivity contribution in [2.45, 2.75) is 25.6 Å². The summed E-state index contributed by atoms with van der Waals surface area (Å²) in [4.78, 5) is 11.2. The molecule has 0 aliphatic carbocycles. The number of carbonyl (C=O) groups excluding carboxylic acids is 1. The van der Waals surface area contributed by atoms with Gasteiger partial charge in [0, 0.05) is 13.0 Å². The minimum absolute atomic E-state index is 0.00202. The average molecular weight is 288 g/mol. The minimum atomic E-state index is -4.10. The molecular weight excluding hydrogens is 273 g/mol. The molecule has 1 aromatic rings. The highest BCUT2D eigenvalue weighted by atomic mass is 19.4. The third-order valence-electron chi connectivity index (χ3n) is 2.82. The third-order valence-corrected chi connectivity index (χ3v) is 2.82. The van der Waals surface area contributed by atoms with Crippen LogP contribution in [0.2, 0.25) is 0 Å². The van der Waals surface area contributed by atoms with E-state index in [4.69, 9.17) is 4.74 Å². The zero-order valence-electron chi connectivity index (χ0n) is 10.7. The summed E-state index contributed by atoms with van der Waals surface area (Å²) in [5, 5.41) is 5.62. The predicted molar refractivity (Wildman–Crippen MR) is 67.6 cm³/mol. The quantitative estimate of drug-likeness (QED) is 0.818. The van der Waals surface area contributed by atoms with Gasteiger partial charge in [-0.2, -0.15) is 13.2 Å². The summed E-state index contributed by atoms with van der Waals surface area (Å²) in [6.07, 6.45) is -4.84. The molecule has 0 bridgehead atoms. The summed E-state index contributed by atoms with van der Waals surface area (Å²) in [6.45, 7) is 0.739. The van der Waals surface area contributed by atoms with Crippen LogP contribution in [0, 0.1) is 0 Å². The van der Waals surface area contributed by atoms with Crippen molar-refractivity contribution in [3.8, 4) is 5.75 Å². The van der Waals surface area contributed by atoms with E-state index in [9.17, 15) is 18.0 Å². The van der Waals surface area contributed by atoms with E-state index in [-0.39, 0.29) is 18.9 Å². The average Bonchev–Trinajstić information content (AvgIpc) is 2.36. The van der Waals surface area contributed by atoms with Gasteiger partial charge in [-0.3, -0.25) is 4.79 Å². The molecule has 110 valence electrons.